The average Bonchev–Trinajstić information content (AvgIpc) is 2.45. The third-order valence-corrected chi connectivity index (χ3v) is 1.19. The minimum absolute atomic E-state index is 0. The Morgan fingerprint density at radius 3 is 2.07 bits per heavy atom. The third kappa shape index (κ3) is 2.48. The second-order valence-electron chi connectivity index (χ2n) is 2.03. The van der Waals surface area contributed by atoms with Crippen molar-refractivity contribution in [3.8, 4) is 12.1 Å². The van der Waals surface area contributed by atoms with E-state index in [2.05, 4.69) is 4.98 Å². The molecule has 0 aliphatic rings. The van der Waals surface area contributed by atoms with Crippen LogP contribution >= 0.6 is 0 Å². The van der Waals surface area contributed by atoms with Crippen LogP contribution in [0.2, 0.25) is 0 Å². The summed E-state index contributed by atoms with van der Waals surface area (Å²) in [6.07, 6.45) is -4.67. The molecule has 0 atom stereocenters. The number of aromatic amines is 1. The van der Waals surface area contributed by atoms with Crippen LogP contribution in [0.3, 0.4) is 0 Å². The van der Waals surface area contributed by atoms with Crippen LogP contribution in [-0.4, -0.2) is 39.5 Å². The molecule has 67 valence electrons. The molecule has 0 saturated heterocycles. The molecule has 1 aromatic rings. The van der Waals surface area contributed by atoms with Crippen LogP contribution in [-0.2, 0) is 6.18 Å². The van der Waals surface area contributed by atoms with Gasteiger partial charge in [0, 0.05) is 29.6 Å². The second-order valence-corrected chi connectivity index (χ2v) is 2.03. The minimum atomic E-state index is -4.67. The van der Waals surface area contributed by atoms with Crippen molar-refractivity contribution in [3.05, 3.63) is 17.2 Å². The van der Waals surface area contributed by atoms with Crippen molar-refractivity contribution in [1.29, 1.82) is 10.5 Å². The monoisotopic (exact) mass is 209 g/mol. The van der Waals surface area contributed by atoms with Gasteiger partial charge in [0.1, 0.15) is 12.1 Å². The van der Waals surface area contributed by atoms with Gasteiger partial charge in [-0.3, -0.25) is 0 Å². The summed E-state index contributed by atoms with van der Waals surface area (Å²) in [6.45, 7) is 0. The number of alkyl halides is 3. The zero-order chi connectivity index (χ0) is 10.1. The molecule has 0 amide bonds. The van der Waals surface area contributed by atoms with E-state index in [4.69, 9.17) is 10.5 Å². The van der Waals surface area contributed by atoms with E-state index in [9.17, 15) is 13.2 Å². The smallest absolute Gasteiger partial charge is 0.325 e. The zero-order valence-electron chi connectivity index (χ0n) is 6.98. The van der Waals surface area contributed by atoms with Crippen molar-refractivity contribution in [1.82, 2.24) is 9.97 Å². The van der Waals surface area contributed by atoms with Gasteiger partial charge in [0.15, 0.2) is 11.4 Å². The van der Waals surface area contributed by atoms with Gasteiger partial charge in [-0.05, 0) is 0 Å². The molecular weight excluding hydrogens is 208 g/mol. The van der Waals surface area contributed by atoms with Gasteiger partial charge in [-0.15, -0.1) is 0 Å². The number of hydrogen-bond acceptors (Lipinski definition) is 3. The first-order valence-electron chi connectivity index (χ1n) is 2.96. The van der Waals surface area contributed by atoms with Crippen LogP contribution in [0.15, 0.2) is 0 Å². The van der Waals surface area contributed by atoms with Crippen molar-refractivity contribution in [2.75, 3.05) is 0 Å². The summed E-state index contributed by atoms with van der Waals surface area (Å²) in [6, 6.07) is 2.77. The summed E-state index contributed by atoms with van der Waals surface area (Å²) in [7, 11) is 0. The summed E-state index contributed by atoms with van der Waals surface area (Å²) in [5, 5.41) is 16.6. The molecule has 0 unspecified atom stereocenters. The molecule has 0 spiro atoms. The molecule has 0 bridgehead atoms. The molecule has 1 radical (unpaired) electrons. The van der Waals surface area contributed by atoms with E-state index in [1.165, 1.54) is 12.1 Å². The van der Waals surface area contributed by atoms with Crippen molar-refractivity contribution < 1.29 is 13.2 Å². The number of hydrogen-bond donors (Lipinski definition) is 1. The number of H-pyrrole nitrogens is 1. The molecule has 1 rings (SSSR count). The van der Waals surface area contributed by atoms with E-state index in [-0.39, 0.29) is 29.6 Å². The first-order chi connectivity index (χ1) is 5.99. The minimum Gasteiger partial charge on any atom is -0.325 e. The Kier molecular flexibility index (Phi) is 4.14. The van der Waals surface area contributed by atoms with Gasteiger partial charge in [0.2, 0.25) is 5.82 Å². The number of imidazole rings is 1. The van der Waals surface area contributed by atoms with Gasteiger partial charge in [0.05, 0.1) is 0 Å². The molecular formula is C6HF3N4Na. The Morgan fingerprint density at radius 2 is 1.79 bits per heavy atom. The van der Waals surface area contributed by atoms with Crippen LogP contribution in [0, 0.1) is 22.7 Å². The number of nitriles is 2. The van der Waals surface area contributed by atoms with Crippen LogP contribution in [0.5, 0.6) is 0 Å². The van der Waals surface area contributed by atoms with E-state index in [0.717, 1.165) is 0 Å². The topological polar surface area (TPSA) is 76.3 Å². The molecule has 1 heterocycles. The fraction of sp³-hybridized carbons (Fsp3) is 0.167. The van der Waals surface area contributed by atoms with Crippen LogP contribution in [0.4, 0.5) is 13.2 Å². The summed E-state index contributed by atoms with van der Waals surface area (Å²) >= 11 is 0. The standard InChI is InChI=1S/C6HF3N4.Na/c7-6(8,9)5-12-3(1-10)4(2-11)13-5;/h(H,12,13);. The molecule has 4 nitrogen and oxygen atoms in total. The summed E-state index contributed by atoms with van der Waals surface area (Å²) in [4.78, 5) is 4.61. The van der Waals surface area contributed by atoms with Crippen molar-refractivity contribution in [2.45, 2.75) is 6.18 Å². The number of aromatic nitrogens is 2. The van der Waals surface area contributed by atoms with Gasteiger partial charge >= 0.3 is 6.18 Å². The van der Waals surface area contributed by atoms with Gasteiger partial charge in [-0.1, -0.05) is 0 Å². The molecule has 0 aliphatic heterocycles. The van der Waals surface area contributed by atoms with E-state index in [1.807, 2.05) is 0 Å². The fourth-order valence-electron chi connectivity index (χ4n) is 0.669. The Bertz CT molecular complexity index is 377. The Balaban J connectivity index is 0.00000169. The Hall–Kier alpha value is -1.02. The van der Waals surface area contributed by atoms with Gasteiger partial charge < -0.3 is 4.98 Å². The first kappa shape index (κ1) is 13.0. The summed E-state index contributed by atoms with van der Waals surface area (Å²) in [5.41, 5.74) is -1.02. The van der Waals surface area contributed by atoms with Crippen molar-refractivity contribution in [2.24, 2.45) is 0 Å². The Labute approximate surface area is 98.7 Å². The largest absolute Gasteiger partial charge is 0.449 e. The number of rotatable bonds is 0. The van der Waals surface area contributed by atoms with Gasteiger partial charge in [-0.2, -0.15) is 23.7 Å². The summed E-state index contributed by atoms with van der Waals surface area (Å²) < 4.78 is 35.8. The normalized spacial score (nSPS) is 9.79. The molecule has 0 aromatic carbocycles. The van der Waals surface area contributed by atoms with E-state index < -0.39 is 23.4 Å². The third-order valence-electron chi connectivity index (χ3n) is 1.19. The Morgan fingerprint density at radius 1 is 1.21 bits per heavy atom. The van der Waals surface area contributed by atoms with Crippen molar-refractivity contribution in [3.63, 3.8) is 0 Å². The maximum absolute atomic E-state index is 11.9. The number of halogens is 3. The molecule has 14 heavy (non-hydrogen) atoms. The number of nitrogens with zero attached hydrogens (tertiary/aromatic N) is 3. The van der Waals surface area contributed by atoms with E-state index >= 15 is 0 Å². The van der Waals surface area contributed by atoms with Crippen LogP contribution in [0.25, 0.3) is 0 Å². The van der Waals surface area contributed by atoms with Crippen molar-refractivity contribution >= 4 is 29.6 Å². The van der Waals surface area contributed by atoms with Gasteiger partial charge in [-0.25, -0.2) is 4.98 Å². The van der Waals surface area contributed by atoms with Gasteiger partial charge in [0.25, 0.3) is 0 Å². The fourth-order valence-corrected chi connectivity index (χ4v) is 0.669. The molecule has 0 fully saturated rings. The SMILES string of the molecule is N#Cc1nc(C(F)(F)F)[nH]c1C#N.[Na]. The maximum atomic E-state index is 11.9. The quantitative estimate of drug-likeness (QED) is 0.641. The predicted molar refractivity (Wildman–Crippen MR) is 38.8 cm³/mol. The molecule has 8 heteroatoms. The maximum Gasteiger partial charge on any atom is 0.449 e. The van der Waals surface area contributed by atoms with Crippen LogP contribution in [0.1, 0.15) is 17.2 Å². The molecule has 0 saturated carbocycles. The zero-order valence-corrected chi connectivity index (χ0v) is 8.98. The molecule has 0 aliphatic carbocycles. The van der Waals surface area contributed by atoms with Crippen LogP contribution < -0.4 is 0 Å². The first-order valence-corrected chi connectivity index (χ1v) is 2.96. The predicted octanol–water partition coefficient (Wildman–Crippen LogP) is 0.791. The number of nitrogens with one attached hydrogen (secondary N) is 1. The van der Waals surface area contributed by atoms with E-state index in [0.29, 0.717) is 0 Å². The summed E-state index contributed by atoms with van der Waals surface area (Å²) in [5.74, 6) is -1.33. The molecule has 1 N–H and O–H groups in total. The van der Waals surface area contributed by atoms with E-state index in [1.54, 1.807) is 4.98 Å². The average molecular weight is 209 g/mol. The second kappa shape index (κ2) is 4.47. The molecule has 1 aromatic heterocycles.